The van der Waals surface area contributed by atoms with Gasteiger partial charge >= 0.3 is 5.97 Å². The summed E-state index contributed by atoms with van der Waals surface area (Å²) < 4.78 is 20.2. The van der Waals surface area contributed by atoms with Gasteiger partial charge in [0.1, 0.15) is 23.9 Å². The Balaban J connectivity index is 1.45. The van der Waals surface area contributed by atoms with Crippen molar-refractivity contribution in [1.82, 2.24) is 23.9 Å². The molecule has 5 rings (SSSR count). The summed E-state index contributed by atoms with van der Waals surface area (Å²) in [6.45, 7) is 2.54. The van der Waals surface area contributed by atoms with E-state index < -0.39 is 29.0 Å². The maximum Gasteiger partial charge on any atom is 0.341 e. The van der Waals surface area contributed by atoms with Crippen molar-refractivity contribution in [1.29, 1.82) is 0 Å². The molecule has 0 saturated carbocycles. The Bertz CT molecular complexity index is 1450. The van der Waals surface area contributed by atoms with E-state index in [0.717, 1.165) is 29.4 Å². The summed E-state index contributed by atoms with van der Waals surface area (Å²) in [4.78, 5) is 38.4. The molecule has 0 aliphatic carbocycles. The Hall–Kier alpha value is -3.97. The SMILES string of the molecule is Cc1ccnc(NC(O)C2CN(c3nc4c(cc3F)c(=O)c(C(=O)O)cn4-c3ncns3)C2)c1. The van der Waals surface area contributed by atoms with Crippen LogP contribution in [0.2, 0.25) is 0 Å². The van der Waals surface area contributed by atoms with Crippen LogP contribution in [0.1, 0.15) is 15.9 Å². The molecule has 5 heterocycles. The van der Waals surface area contributed by atoms with Gasteiger partial charge in [-0.3, -0.25) is 9.36 Å². The minimum Gasteiger partial charge on any atom is -0.477 e. The van der Waals surface area contributed by atoms with Gasteiger partial charge in [0.25, 0.3) is 0 Å². The van der Waals surface area contributed by atoms with Gasteiger partial charge in [0.15, 0.2) is 17.3 Å². The van der Waals surface area contributed by atoms with Gasteiger partial charge in [0.05, 0.1) is 5.39 Å². The first-order valence-electron chi connectivity index (χ1n) is 10.2. The maximum atomic E-state index is 15.0. The molecule has 0 bridgehead atoms. The molecule has 4 aromatic rings. The molecule has 13 heteroatoms. The van der Waals surface area contributed by atoms with Crippen LogP contribution in [0.3, 0.4) is 0 Å². The first-order chi connectivity index (χ1) is 16.3. The summed E-state index contributed by atoms with van der Waals surface area (Å²) in [5, 5.41) is 22.9. The Morgan fingerprint density at radius 1 is 1.32 bits per heavy atom. The fraction of sp³-hybridized carbons (Fsp3) is 0.238. The highest BCUT2D eigenvalue weighted by Gasteiger charge is 2.35. The summed E-state index contributed by atoms with van der Waals surface area (Å²) in [5.41, 5.74) is -0.309. The van der Waals surface area contributed by atoms with E-state index in [4.69, 9.17) is 0 Å². The average molecular weight is 483 g/mol. The molecular weight excluding hydrogens is 465 g/mol. The first kappa shape index (κ1) is 21.9. The number of nitrogens with one attached hydrogen (secondary N) is 1. The van der Waals surface area contributed by atoms with Crippen LogP contribution in [-0.4, -0.2) is 59.4 Å². The van der Waals surface area contributed by atoms with E-state index in [9.17, 15) is 24.2 Å². The van der Waals surface area contributed by atoms with Crippen molar-refractivity contribution in [3.05, 3.63) is 64.1 Å². The quantitative estimate of drug-likeness (QED) is 0.346. The number of aryl methyl sites for hydroxylation is 1. The van der Waals surface area contributed by atoms with E-state index in [-0.39, 0.29) is 27.9 Å². The molecule has 0 amide bonds. The second-order valence-corrected chi connectivity index (χ2v) is 8.67. The first-order valence-corrected chi connectivity index (χ1v) is 11.0. The zero-order valence-corrected chi connectivity index (χ0v) is 18.5. The number of rotatable bonds is 6. The number of fused-ring (bicyclic) bond motifs is 1. The molecule has 11 nitrogen and oxygen atoms in total. The number of nitrogens with zero attached hydrogens (tertiary/aromatic N) is 6. The molecule has 0 spiro atoms. The number of anilines is 2. The smallest absolute Gasteiger partial charge is 0.341 e. The van der Waals surface area contributed by atoms with Gasteiger partial charge in [-0.25, -0.2) is 24.1 Å². The van der Waals surface area contributed by atoms with Gasteiger partial charge < -0.3 is 20.4 Å². The molecule has 174 valence electrons. The van der Waals surface area contributed by atoms with Crippen molar-refractivity contribution in [3.63, 3.8) is 0 Å². The highest BCUT2D eigenvalue weighted by Crippen LogP contribution is 2.30. The summed E-state index contributed by atoms with van der Waals surface area (Å²) in [7, 11) is 0. The highest BCUT2D eigenvalue weighted by atomic mass is 32.1. The Morgan fingerprint density at radius 2 is 2.12 bits per heavy atom. The molecular formula is C21H18FN7O4S. The number of halogens is 1. The van der Waals surface area contributed by atoms with Crippen LogP contribution in [0.4, 0.5) is 16.0 Å². The second kappa shape index (κ2) is 8.43. The monoisotopic (exact) mass is 483 g/mol. The lowest BCUT2D eigenvalue weighted by molar-refractivity contribution is 0.0695. The third kappa shape index (κ3) is 3.84. The van der Waals surface area contributed by atoms with Crippen LogP contribution in [0.25, 0.3) is 16.2 Å². The van der Waals surface area contributed by atoms with Gasteiger partial charge in [0.2, 0.25) is 10.6 Å². The summed E-state index contributed by atoms with van der Waals surface area (Å²) in [6, 6.07) is 4.64. The molecule has 1 aliphatic rings. The Kier molecular flexibility index (Phi) is 5.42. The predicted octanol–water partition coefficient (Wildman–Crippen LogP) is 1.64. The maximum absolute atomic E-state index is 15.0. The van der Waals surface area contributed by atoms with Gasteiger partial charge in [-0.2, -0.15) is 4.37 Å². The molecule has 0 radical (unpaired) electrons. The van der Waals surface area contributed by atoms with Crippen LogP contribution in [-0.2, 0) is 0 Å². The molecule has 1 saturated heterocycles. The molecule has 34 heavy (non-hydrogen) atoms. The van der Waals surface area contributed by atoms with Crippen molar-refractivity contribution in [3.8, 4) is 5.13 Å². The molecule has 1 unspecified atom stereocenters. The number of aromatic nitrogens is 5. The van der Waals surface area contributed by atoms with Crippen molar-refractivity contribution in [2.75, 3.05) is 23.3 Å². The summed E-state index contributed by atoms with van der Waals surface area (Å²) >= 11 is 0.974. The number of aromatic carboxylic acids is 1. The number of hydrogen-bond acceptors (Lipinski definition) is 10. The van der Waals surface area contributed by atoms with Gasteiger partial charge in [0, 0.05) is 42.9 Å². The van der Waals surface area contributed by atoms with Crippen LogP contribution >= 0.6 is 11.5 Å². The van der Waals surface area contributed by atoms with Crippen molar-refractivity contribution in [2.24, 2.45) is 5.92 Å². The van der Waals surface area contributed by atoms with E-state index in [2.05, 4.69) is 24.6 Å². The lowest BCUT2D eigenvalue weighted by Gasteiger charge is -2.42. The summed E-state index contributed by atoms with van der Waals surface area (Å²) in [6.07, 6.45) is 3.14. The van der Waals surface area contributed by atoms with Crippen molar-refractivity contribution in [2.45, 2.75) is 13.2 Å². The van der Waals surface area contributed by atoms with E-state index >= 15 is 0 Å². The van der Waals surface area contributed by atoms with Gasteiger partial charge in [-0.05, 0) is 30.7 Å². The second-order valence-electron chi connectivity index (χ2n) is 7.91. The number of carboxylic acid groups (broad SMARTS) is 1. The normalized spacial score (nSPS) is 14.7. The van der Waals surface area contributed by atoms with Crippen LogP contribution in [0.5, 0.6) is 0 Å². The van der Waals surface area contributed by atoms with Crippen LogP contribution in [0, 0.1) is 18.7 Å². The van der Waals surface area contributed by atoms with Gasteiger partial charge in [-0.15, -0.1) is 0 Å². The fourth-order valence-electron chi connectivity index (χ4n) is 3.78. The zero-order valence-electron chi connectivity index (χ0n) is 17.7. The third-order valence-corrected chi connectivity index (χ3v) is 6.23. The summed E-state index contributed by atoms with van der Waals surface area (Å²) in [5.74, 6) is -1.89. The number of aliphatic hydroxyl groups excluding tert-OH is 1. The lowest BCUT2D eigenvalue weighted by atomic mass is 9.98. The number of carbonyl (C=O) groups is 1. The van der Waals surface area contributed by atoms with E-state index in [1.165, 1.54) is 10.9 Å². The molecule has 1 fully saturated rings. The van der Waals surface area contributed by atoms with E-state index in [1.807, 2.05) is 19.1 Å². The van der Waals surface area contributed by atoms with Crippen LogP contribution < -0.4 is 15.6 Å². The average Bonchev–Trinajstić information content (AvgIpc) is 3.28. The van der Waals surface area contributed by atoms with Crippen molar-refractivity contribution < 1.29 is 19.4 Å². The molecule has 0 aromatic carbocycles. The minimum absolute atomic E-state index is 0.00892. The van der Waals surface area contributed by atoms with Crippen LogP contribution in [0.15, 0.2) is 41.7 Å². The van der Waals surface area contributed by atoms with E-state index in [0.29, 0.717) is 18.9 Å². The largest absolute Gasteiger partial charge is 0.477 e. The fourth-order valence-corrected chi connectivity index (χ4v) is 4.29. The molecule has 3 N–H and O–H groups in total. The molecule has 4 aromatic heterocycles. The number of aliphatic hydroxyl groups is 1. The molecule has 1 aliphatic heterocycles. The minimum atomic E-state index is -1.44. The number of carboxylic acids is 1. The third-order valence-electron chi connectivity index (χ3n) is 5.57. The molecule has 1 atom stereocenters. The Morgan fingerprint density at radius 3 is 2.79 bits per heavy atom. The number of hydrogen-bond donors (Lipinski definition) is 3. The predicted molar refractivity (Wildman–Crippen MR) is 122 cm³/mol. The lowest BCUT2D eigenvalue weighted by Crippen LogP contribution is -2.54. The topological polar surface area (TPSA) is 146 Å². The van der Waals surface area contributed by atoms with Crippen molar-refractivity contribution >= 4 is 40.2 Å². The number of pyridine rings is 3. The Labute approximate surface area is 195 Å². The highest BCUT2D eigenvalue weighted by molar-refractivity contribution is 7.08. The zero-order chi connectivity index (χ0) is 24.0. The standard InChI is InChI=1S/C21H18FN7O4S/c1-10-2-3-23-15(4-10)26-19(31)11-6-28(7-11)18-14(22)5-12-16(30)13(20(32)33)8-29(17(12)27-18)21-24-9-25-34-21/h2-5,8-9,11,19,31H,6-7H2,1H3,(H,23,26)(H,32,33). The van der Waals surface area contributed by atoms with Gasteiger partial charge in [-0.1, -0.05) is 0 Å². The van der Waals surface area contributed by atoms with E-state index in [1.54, 1.807) is 11.1 Å².